The van der Waals surface area contributed by atoms with Gasteiger partial charge in [-0.05, 0) is 52.2 Å². The first-order valence-corrected chi connectivity index (χ1v) is 7.54. The Morgan fingerprint density at radius 2 is 1.83 bits per heavy atom. The number of aliphatic hydroxyl groups is 1. The van der Waals surface area contributed by atoms with Crippen molar-refractivity contribution < 1.29 is 5.11 Å². The van der Waals surface area contributed by atoms with Crippen LogP contribution in [0.5, 0.6) is 0 Å². The zero-order chi connectivity index (χ0) is 13.5. The van der Waals surface area contributed by atoms with Crippen molar-refractivity contribution in [3.8, 4) is 0 Å². The van der Waals surface area contributed by atoms with E-state index < -0.39 is 0 Å². The Kier molecular flexibility index (Phi) is 7.20. The number of nitrogens with zero attached hydrogens (tertiary/aromatic N) is 2. The van der Waals surface area contributed by atoms with E-state index in [2.05, 4.69) is 37.9 Å². The van der Waals surface area contributed by atoms with Crippen molar-refractivity contribution in [2.24, 2.45) is 11.8 Å². The maximum absolute atomic E-state index is 10.1. The van der Waals surface area contributed by atoms with Gasteiger partial charge in [0.1, 0.15) is 0 Å². The highest BCUT2D eigenvalue weighted by atomic mass is 16.3. The molecule has 0 aromatic heterocycles. The van der Waals surface area contributed by atoms with Crippen LogP contribution in [0.1, 0.15) is 39.0 Å². The minimum Gasteiger partial charge on any atom is -0.393 e. The molecular formula is C15H32N2O. The molecule has 108 valence electrons. The molecule has 0 spiro atoms. The molecule has 0 aromatic carbocycles. The molecule has 0 radical (unpaired) electrons. The number of hydrogen-bond donors (Lipinski definition) is 1. The Morgan fingerprint density at radius 3 is 2.44 bits per heavy atom. The van der Waals surface area contributed by atoms with Gasteiger partial charge in [-0.1, -0.05) is 19.8 Å². The maximum Gasteiger partial charge on any atom is 0.0580 e. The largest absolute Gasteiger partial charge is 0.393 e. The smallest absolute Gasteiger partial charge is 0.0580 e. The van der Waals surface area contributed by atoms with Crippen molar-refractivity contribution >= 4 is 0 Å². The first-order valence-electron chi connectivity index (χ1n) is 7.54. The molecule has 0 aliphatic heterocycles. The van der Waals surface area contributed by atoms with Gasteiger partial charge in [0.2, 0.25) is 0 Å². The van der Waals surface area contributed by atoms with E-state index in [4.69, 9.17) is 0 Å². The lowest BCUT2D eigenvalue weighted by Gasteiger charge is -2.35. The first-order chi connectivity index (χ1) is 8.52. The van der Waals surface area contributed by atoms with Crippen LogP contribution in [0.4, 0.5) is 0 Å². The summed E-state index contributed by atoms with van der Waals surface area (Å²) < 4.78 is 0. The first kappa shape index (κ1) is 15.9. The normalized spacial score (nSPS) is 29.2. The van der Waals surface area contributed by atoms with Crippen molar-refractivity contribution in [2.75, 3.05) is 40.8 Å². The molecule has 1 saturated carbocycles. The lowest BCUT2D eigenvalue weighted by Crippen LogP contribution is -2.39. The van der Waals surface area contributed by atoms with Crippen molar-refractivity contribution in [2.45, 2.75) is 45.1 Å². The third-order valence-electron chi connectivity index (χ3n) is 4.22. The topological polar surface area (TPSA) is 26.7 Å². The van der Waals surface area contributed by atoms with Crippen molar-refractivity contribution in [3.05, 3.63) is 0 Å². The van der Waals surface area contributed by atoms with Gasteiger partial charge in [-0.15, -0.1) is 0 Å². The van der Waals surface area contributed by atoms with E-state index in [0.717, 1.165) is 32.0 Å². The van der Waals surface area contributed by atoms with Gasteiger partial charge in [-0.3, -0.25) is 0 Å². The van der Waals surface area contributed by atoms with E-state index in [1.165, 1.54) is 25.7 Å². The second-order valence-corrected chi connectivity index (χ2v) is 6.36. The molecule has 1 fully saturated rings. The van der Waals surface area contributed by atoms with Crippen molar-refractivity contribution in [1.82, 2.24) is 9.80 Å². The summed E-state index contributed by atoms with van der Waals surface area (Å²) >= 11 is 0. The molecule has 18 heavy (non-hydrogen) atoms. The fraction of sp³-hybridized carbons (Fsp3) is 1.00. The minimum absolute atomic E-state index is 0.0695. The molecule has 0 amide bonds. The number of likely N-dealkylation sites (N-methyl/N-ethyl adjacent to an activating group) is 2. The minimum atomic E-state index is -0.0695. The molecule has 3 heteroatoms. The summed E-state index contributed by atoms with van der Waals surface area (Å²) in [6, 6.07) is 0. The third kappa shape index (κ3) is 5.68. The van der Waals surface area contributed by atoms with Gasteiger partial charge in [0.15, 0.2) is 0 Å². The zero-order valence-corrected chi connectivity index (χ0v) is 12.7. The summed E-state index contributed by atoms with van der Waals surface area (Å²) in [6.07, 6.45) is 6.01. The lowest BCUT2D eigenvalue weighted by atomic mass is 9.77. The van der Waals surface area contributed by atoms with Gasteiger partial charge < -0.3 is 14.9 Å². The SMILES string of the molecule is CCCC1CCC(O)C(CN(C)CCN(C)C)C1. The van der Waals surface area contributed by atoms with Gasteiger partial charge in [0.25, 0.3) is 0 Å². The van der Waals surface area contributed by atoms with Gasteiger partial charge >= 0.3 is 0 Å². The Morgan fingerprint density at radius 1 is 1.11 bits per heavy atom. The molecular weight excluding hydrogens is 224 g/mol. The molecule has 3 nitrogen and oxygen atoms in total. The Balaban J connectivity index is 2.33. The van der Waals surface area contributed by atoms with Crippen LogP contribution in [0.15, 0.2) is 0 Å². The summed E-state index contributed by atoms with van der Waals surface area (Å²) in [6.45, 7) is 5.50. The summed E-state index contributed by atoms with van der Waals surface area (Å²) in [7, 11) is 6.40. The predicted octanol–water partition coefficient (Wildman–Crippen LogP) is 2.06. The van der Waals surface area contributed by atoms with Crippen LogP contribution in [-0.2, 0) is 0 Å². The van der Waals surface area contributed by atoms with E-state index in [1.54, 1.807) is 0 Å². The van der Waals surface area contributed by atoms with Crippen molar-refractivity contribution in [1.29, 1.82) is 0 Å². The van der Waals surface area contributed by atoms with Crippen LogP contribution < -0.4 is 0 Å². The predicted molar refractivity (Wildman–Crippen MR) is 77.8 cm³/mol. The molecule has 1 aliphatic carbocycles. The van der Waals surface area contributed by atoms with Crippen LogP contribution in [0, 0.1) is 11.8 Å². The summed E-state index contributed by atoms with van der Waals surface area (Å²) in [5, 5.41) is 10.1. The second kappa shape index (κ2) is 8.13. The fourth-order valence-corrected chi connectivity index (χ4v) is 3.07. The highest BCUT2D eigenvalue weighted by Crippen LogP contribution is 2.32. The standard InChI is InChI=1S/C15H32N2O/c1-5-6-13-7-8-15(18)14(11-13)12-17(4)10-9-16(2)3/h13-15,18H,5-12H2,1-4H3. The van der Waals surface area contributed by atoms with E-state index >= 15 is 0 Å². The fourth-order valence-electron chi connectivity index (χ4n) is 3.07. The molecule has 0 aromatic rings. The summed E-state index contributed by atoms with van der Waals surface area (Å²) in [5.41, 5.74) is 0. The summed E-state index contributed by atoms with van der Waals surface area (Å²) in [5.74, 6) is 1.34. The van der Waals surface area contributed by atoms with Crippen LogP contribution in [0.2, 0.25) is 0 Å². The van der Waals surface area contributed by atoms with Crippen molar-refractivity contribution in [3.63, 3.8) is 0 Å². The number of rotatable bonds is 7. The molecule has 3 unspecified atom stereocenters. The quantitative estimate of drug-likeness (QED) is 0.755. The van der Waals surface area contributed by atoms with E-state index in [1.807, 2.05) is 0 Å². The van der Waals surface area contributed by atoms with Crippen LogP contribution in [0.3, 0.4) is 0 Å². The van der Waals surface area contributed by atoms with E-state index in [0.29, 0.717) is 5.92 Å². The molecule has 3 atom stereocenters. The second-order valence-electron chi connectivity index (χ2n) is 6.36. The zero-order valence-electron chi connectivity index (χ0n) is 12.7. The molecule has 1 aliphatic rings. The third-order valence-corrected chi connectivity index (χ3v) is 4.22. The average Bonchev–Trinajstić information content (AvgIpc) is 2.31. The molecule has 1 N–H and O–H groups in total. The highest BCUT2D eigenvalue weighted by molar-refractivity contribution is 4.81. The lowest BCUT2D eigenvalue weighted by molar-refractivity contribution is 0.0292. The Hall–Kier alpha value is -0.120. The average molecular weight is 256 g/mol. The van der Waals surface area contributed by atoms with Crippen LogP contribution in [0.25, 0.3) is 0 Å². The van der Waals surface area contributed by atoms with Crippen LogP contribution >= 0.6 is 0 Å². The van der Waals surface area contributed by atoms with Gasteiger partial charge in [-0.2, -0.15) is 0 Å². The van der Waals surface area contributed by atoms with Gasteiger partial charge in [-0.25, -0.2) is 0 Å². The van der Waals surface area contributed by atoms with Crippen LogP contribution in [-0.4, -0.2) is 61.8 Å². The van der Waals surface area contributed by atoms with E-state index in [-0.39, 0.29) is 6.10 Å². The van der Waals surface area contributed by atoms with E-state index in [9.17, 15) is 5.11 Å². The molecule has 0 saturated heterocycles. The number of hydrogen-bond acceptors (Lipinski definition) is 3. The maximum atomic E-state index is 10.1. The number of aliphatic hydroxyl groups excluding tert-OH is 1. The monoisotopic (exact) mass is 256 g/mol. The molecule has 1 rings (SSSR count). The summed E-state index contributed by atoms with van der Waals surface area (Å²) in [4.78, 5) is 4.59. The highest BCUT2D eigenvalue weighted by Gasteiger charge is 2.29. The molecule has 0 bridgehead atoms. The van der Waals surface area contributed by atoms with Gasteiger partial charge in [0.05, 0.1) is 6.10 Å². The Bertz CT molecular complexity index is 221. The molecule has 0 heterocycles. The Labute approximate surface area is 113 Å². The van der Waals surface area contributed by atoms with Gasteiger partial charge in [0, 0.05) is 19.6 Å².